The quantitative estimate of drug-likeness (QED) is 0.634. The van der Waals surface area contributed by atoms with E-state index in [-0.39, 0.29) is 0 Å². The van der Waals surface area contributed by atoms with Crippen molar-refractivity contribution < 1.29 is 9.47 Å². The molecule has 19 heavy (non-hydrogen) atoms. The van der Waals surface area contributed by atoms with E-state index in [1.165, 1.54) is 17.7 Å². The molecule has 1 aromatic rings. The maximum absolute atomic E-state index is 5.70. The average Bonchev–Trinajstić information content (AvgIpc) is 2.41. The molecule has 0 aromatic heterocycles. The minimum atomic E-state index is 0.612. The van der Waals surface area contributed by atoms with E-state index >= 15 is 0 Å². The van der Waals surface area contributed by atoms with Crippen LogP contribution in [0.4, 0.5) is 0 Å². The van der Waals surface area contributed by atoms with Crippen LogP contribution in [0.15, 0.2) is 24.3 Å². The highest BCUT2D eigenvalue weighted by atomic mass is 32.2. The zero-order valence-electron chi connectivity index (χ0n) is 11.8. The third kappa shape index (κ3) is 8.92. The van der Waals surface area contributed by atoms with Crippen LogP contribution in [0.3, 0.4) is 0 Å². The molecular formula is C15H25NO2S. The number of nitrogens with two attached hydrogens (primary N) is 1. The highest BCUT2D eigenvalue weighted by molar-refractivity contribution is 7.99. The van der Waals surface area contributed by atoms with Crippen molar-refractivity contribution in [3.63, 3.8) is 0 Å². The number of ether oxygens (including phenoxy) is 2. The average molecular weight is 283 g/mol. The van der Waals surface area contributed by atoms with Gasteiger partial charge in [0.25, 0.3) is 0 Å². The molecule has 0 fully saturated rings. The van der Waals surface area contributed by atoms with Crippen LogP contribution >= 0.6 is 11.8 Å². The van der Waals surface area contributed by atoms with Crippen LogP contribution in [0, 0.1) is 6.92 Å². The Bertz CT molecular complexity index is 334. The van der Waals surface area contributed by atoms with Crippen molar-refractivity contribution in [2.45, 2.75) is 19.8 Å². The van der Waals surface area contributed by atoms with Gasteiger partial charge in [-0.3, -0.25) is 0 Å². The molecule has 1 rings (SSSR count). The van der Waals surface area contributed by atoms with Gasteiger partial charge in [0.15, 0.2) is 0 Å². The molecule has 0 bridgehead atoms. The largest absolute Gasteiger partial charge is 0.494 e. The topological polar surface area (TPSA) is 44.5 Å². The fourth-order valence-electron chi connectivity index (χ4n) is 1.61. The second-order valence-corrected chi connectivity index (χ2v) is 5.61. The third-order valence-electron chi connectivity index (χ3n) is 2.58. The van der Waals surface area contributed by atoms with Crippen LogP contribution in [0.1, 0.15) is 18.4 Å². The van der Waals surface area contributed by atoms with E-state index in [2.05, 4.69) is 19.1 Å². The first kappa shape index (κ1) is 16.3. The molecule has 0 aliphatic rings. The summed E-state index contributed by atoms with van der Waals surface area (Å²) in [5, 5.41) is 0. The maximum Gasteiger partial charge on any atom is 0.119 e. The number of unbranched alkanes of at least 4 members (excludes halogenated alkanes) is 1. The van der Waals surface area contributed by atoms with Gasteiger partial charge in [-0.05, 0) is 43.2 Å². The Morgan fingerprint density at radius 3 is 2.79 bits per heavy atom. The second-order valence-electron chi connectivity index (χ2n) is 4.39. The Balaban J connectivity index is 1.89. The van der Waals surface area contributed by atoms with Crippen molar-refractivity contribution in [2.75, 3.05) is 37.9 Å². The van der Waals surface area contributed by atoms with Gasteiger partial charge >= 0.3 is 0 Å². The van der Waals surface area contributed by atoms with E-state index in [1.807, 2.05) is 23.9 Å². The lowest BCUT2D eigenvalue weighted by atomic mass is 10.2. The SMILES string of the molecule is Cc1cccc(OCCCCSCCOCCN)c1. The minimum absolute atomic E-state index is 0.612. The molecule has 0 saturated heterocycles. The highest BCUT2D eigenvalue weighted by Crippen LogP contribution is 2.13. The summed E-state index contributed by atoms with van der Waals surface area (Å²) in [6.45, 7) is 4.97. The van der Waals surface area contributed by atoms with Crippen molar-refractivity contribution in [1.29, 1.82) is 0 Å². The molecule has 0 unspecified atom stereocenters. The summed E-state index contributed by atoms with van der Waals surface area (Å²) in [5.74, 6) is 3.20. The Labute approximate surface area is 120 Å². The number of rotatable bonds is 11. The smallest absolute Gasteiger partial charge is 0.119 e. The van der Waals surface area contributed by atoms with Gasteiger partial charge in [0, 0.05) is 12.3 Å². The Hall–Kier alpha value is -0.710. The maximum atomic E-state index is 5.70. The van der Waals surface area contributed by atoms with E-state index in [4.69, 9.17) is 15.2 Å². The van der Waals surface area contributed by atoms with E-state index in [1.54, 1.807) is 0 Å². The number of hydrogen-bond acceptors (Lipinski definition) is 4. The van der Waals surface area contributed by atoms with Gasteiger partial charge in [-0.2, -0.15) is 11.8 Å². The van der Waals surface area contributed by atoms with Gasteiger partial charge in [0.1, 0.15) is 5.75 Å². The lowest BCUT2D eigenvalue weighted by molar-refractivity contribution is 0.158. The molecular weight excluding hydrogens is 258 g/mol. The predicted octanol–water partition coefficient (Wildman–Crippen LogP) is 2.86. The second kappa shape index (κ2) is 11.1. The third-order valence-corrected chi connectivity index (χ3v) is 3.61. The van der Waals surface area contributed by atoms with Crippen LogP contribution in [-0.2, 0) is 4.74 Å². The van der Waals surface area contributed by atoms with Crippen LogP contribution in [0.25, 0.3) is 0 Å². The van der Waals surface area contributed by atoms with E-state index in [9.17, 15) is 0 Å². The summed E-state index contributed by atoms with van der Waals surface area (Å²) in [4.78, 5) is 0. The normalized spacial score (nSPS) is 10.6. The summed E-state index contributed by atoms with van der Waals surface area (Å²) in [6.07, 6.45) is 2.29. The highest BCUT2D eigenvalue weighted by Gasteiger charge is 1.95. The predicted molar refractivity (Wildman–Crippen MR) is 83.1 cm³/mol. The molecule has 3 nitrogen and oxygen atoms in total. The first-order chi connectivity index (χ1) is 9.33. The molecule has 0 spiro atoms. The standard InChI is InChI=1S/C15H25NO2S/c1-14-5-4-6-15(13-14)18-8-2-3-11-19-12-10-17-9-7-16/h4-6,13H,2-3,7-12,16H2,1H3. The molecule has 0 atom stereocenters. The molecule has 0 saturated carbocycles. The molecule has 0 amide bonds. The molecule has 4 heteroatoms. The Kier molecular flexibility index (Phi) is 9.59. The first-order valence-electron chi connectivity index (χ1n) is 6.88. The lowest BCUT2D eigenvalue weighted by Crippen LogP contribution is -2.10. The van der Waals surface area contributed by atoms with E-state index in [0.29, 0.717) is 13.2 Å². The first-order valence-corrected chi connectivity index (χ1v) is 8.03. The zero-order valence-corrected chi connectivity index (χ0v) is 12.6. The van der Waals surface area contributed by atoms with Crippen molar-refractivity contribution >= 4 is 11.8 Å². The summed E-state index contributed by atoms with van der Waals surface area (Å²) >= 11 is 1.93. The summed E-state index contributed by atoms with van der Waals surface area (Å²) in [6, 6.07) is 8.19. The monoisotopic (exact) mass is 283 g/mol. The fraction of sp³-hybridized carbons (Fsp3) is 0.600. The summed E-state index contributed by atoms with van der Waals surface area (Å²) in [7, 11) is 0. The van der Waals surface area contributed by atoms with Crippen LogP contribution in [0.5, 0.6) is 5.75 Å². The van der Waals surface area contributed by atoms with Crippen molar-refractivity contribution in [1.82, 2.24) is 0 Å². The van der Waals surface area contributed by atoms with Crippen molar-refractivity contribution in [2.24, 2.45) is 5.73 Å². The van der Waals surface area contributed by atoms with E-state index in [0.717, 1.165) is 31.1 Å². The molecule has 0 radical (unpaired) electrons. The van der Waals surface area contributed by atoms with Crippen LogP contribution in [-0.4, -0.2) is 37.9 Å². The van der Waals surface area contributed by atoms with Gasteiger partial charge < -0.3 is 15.2 Å². The molecule has 108 valence electrons. The molecule has 0 aliphatic heterocycles. The van der Waals surface area contributed by atoms with Crippen LogP contribution in [0.2, 0.25) is 0 Å². The number of hydrogen-bond donors (Lipinski definition) is 1. The minimum Gasteiger partial charge on any atom is -0.494 e. The van der Waals surface area contributed by atoms with Gasteiger partial charge in [0.05, 0.1) is 19.8 Å². The van der Waals surface area contributed by atoms with Crippen LogP contribution < -0.4 is 10.5 Å². The van der Waals surface area contributed by atoms with Gasteiger partial charge in [-0.15, -0.1) is 0 Å². The number of benzene rings is 1. The van der Waals surface area contributed by atoms with Crippen molar-refractivity contribution in [3.8, 4) is 5.75 Å². The summed E-state index contributed by atoms with van der Waals surface area (Å²) in [5.41, 5.74) is 6.58. The van der Waals surface area contributed by atoms with Gasteiger partial charge in [0.2, 0.25) is 0 Å². The molecule has 2 N–H and O–H groups in total. The lowest BCUT2D eigenvalue weighted by Gasteiger charge is -2.07. The van der Waals surface area contributed by atoms with Crippen molar-refractivity contribution in [3.05, 3.63) is 29.8 Å². The fourth-order valence-corrected chi connectivity index (χ4v) is 2.45. The summed E-state index contributed by atoms with van der Waals surface area (Å²) < 4.78 is 11.0. The van der Waals surface area contributed by atoms with Gasteiger partial charge in [-0.1, -0.05) is 12.1 Å². The number of aryl methyl sites for hydroxylation is 1. The molecule has 1 aromatic carbocycles. The van der Waals surface area contributed by atoms with E-state index < -0.39 is 0 Å². The zero-order chi connectivity index (χ0) is 13.8. The van der Waals surface area contributed by atoms with Gasteiger partial charge in [-0.25, -0.2) is 0 Å². The Morgan fingerprint density at radius 1 is 1.11 bits per heavy atom. The Morgan fingerprint density at radius 2 is 2.00 bits per heavy atom. The number of thioether (sulfide) groups is 1. The molecule has 0 heterocycles. The molecule has 0 aliphatic carbocycles.